The normalized spacial score (nSPS) is 17.0. The van der Waals surface area contributed by atoms with Crippen molar-refractivity contribution in [2.75, 3.05) is 23.3 Å². The summed E-state index contributed by atoms with van der Waals surface area (Å²) in [6.45, 7) is 1.79. The lowest BCUT2D eigenvalue weighted by molar-refractivity contribution is 0.364. The second-order valence-corrected chi connectivity index (χ2v) is 6.11. The molecule has 128 valence electrons. The minimum atomic E-state index is -0.748. The van der Waals surface area contributed by atoms with Crippen LogP contribution < -0.4 is 10.2 Å². The lowest BCUT2D eigenvalue weighted by Gasteiger charge is -2.15. The largest absolute Gasteiger partial charge is 0.378 e. The molecule has 0 radical (unpaired) electrons. The van der Waals surface area contributed by atoms with Gasteiger partial charge in [0.05, 0.1) is 30.2 Å². The van der Waals surface area contributed by atoms with Gasteiger partial charge in [0.2, 0.25) is 0 Å². The minimum absolute atomic E-state index is 0.429. The van der Waals surface area contributed by atoms with Gasteiger partial charge in [-0.25, -0.2) is 9.37 Å². The van der Waals surface area contributed by atoms with Gasteiger partial charge in [0.25, 0.3) is 0 Å². The number of rotatable bonds is 5. The average molecular weight is 338 g/mol. The molecule has 3 aromatic rings. The first-order valence-electron chi connectivity index (χ1n) is 8.31. The number of halogens is 1. The van der Waals surface area contributed by atoms with Crippen molar-refractivity contribution in [2.45, 2.75) is 19.1 Å². The molecule has 0 aliphatic carbocycles. The molecule has 1 aliphatic rings. The van der Waals surface area contributed by atoms with Crippen molar-refractivity contribution in [3.05, 3.63) is 54.6 Å². The smallest absolute Gasteiger partial charge is 0.128 e. The standard InChI is InChI=1S/C18H19FN6/c19-14-5-7-25(12-14)18-4-3-13(9-22-18)17-8-16(23-24-17)11-21-15-2-1-6-20-10-15/h1-4,6,8-10,14,21H,5,7,11-12H2,(H,23,24)/t14-/m1/s1. The van der Waals surface area contributed by atoms with E-state index in [0.29, 0.717) is 19.5 Å². The highest BCUT2D eigenvalue weighted by Crippen LogP contribution is 2.23. The Kier molecular flexibility index (Phi) is 4.28. The van der Waals surface area contributed by atoms with Crippen LogP contribution in [0, 0.1) is 0 Å². The third kappa shape index (κ3) is 3.60. The Labute approximate surface area is 145 Å². The van der Waals surface area contributed by atoms with Crippen molar-refractivity contribution in [2.24, 2.45) is 0 Å². The summed E-state index contributed by atoms with van der Waals surface area (Å²) >= 11 is 0. The second-order valence-electron chi connectivity index (χ2n) is 6.11. The van der Waals surface area contributed by atoms with Gasteiger partial charge in [0, 0.05) is 30.7 Å². The Balaban J connectivity index is 1.41. The monoisotopic (exact) mass is 338 g/mol. The average Bonchev–Trinajstić information content (AvgIpc) is 3.30. The predicted molar refractivity (Wildman–Crippen MR) is 95.1 cm³/mol. The van der Waals surface area contributed by atoms with Gasteiger partial charge in [0.15, 0.2) is 0 Å². The fraction of sp³-hybridized carbons (Fsp3) is 0.278. The van der Waals surface area contributed by atoms with E-state index in [2.05, 4.69) is 25.5 Å². The van der Waals surface area contributed by atoms with E-state index >= 15 is 0 Å². The Morgan fingerprint density at radius 2 is 2.24 bits per heavy atom. The van der Waals surface area contributed by atoms with E-state index in [1.807, 2.05) is 35.2 Å². The summed E-state index contributed by atoms with van der Waals surface area (Å²) in [6.07, 6.45) is 5.14. The van der Waals surface area contributed by atoms with E-state index in [-0.39, 0.29) is 0 Å². The van der Waals surface area contributed by atoms with Crippen molar-refractivity contribution in [1.82, 2.24) is 20.2 Å². The maximum atomic E-state index is 13.3. The van der Waals surface area contributed by atoms with Gasteiger partial charge in [-0.3, -0.25) is 10.1 Å². The van der Waals surface area contributed by atoms with E-state index in [1.54, 1.807) is 18.6 Å². The van der Waals surface area contributed by atoms with E-state index < -0.39 is 6.17 Å². The fourth-order valence-corrected chi connectivity index (χ4v) is 2.92. The summed E-state index contributed by atoms with van der Waals surface area (Å²) in [6, 6.07) is 9.75. The molecule has 0 unspecified atom stereocenters. The number of nitrogens with one attached hydrogen (secondary N) is 2. The number of H-pyrrole nitrogens is 1. The van der Waals surface area contributed by atoms with E-state index in [9.17, 15) is 4.39 Å². The van der Waals surface area contributed by atoms with Crippen molar-refractivity contribution in [3.8, 4) is 11.3 Å². The van der Waals surface area contributed by atoms with Gasteiger partial charge in [-0.2, -0.15) is 5.10 Å². The maximum absolute atomic E-state index is 13.3. The summed E-state index contributed by atoms with van der Waals surface area (Å²) in [5, 5.41) is 10.7. The third-order valence-electron chi connectivity index (χ3n) is 4.27. The number of hydrogen-bond acceptors (Lipinski definition) is 5. The molecule has 1 atom stereocenters. The van der Waals surface area contributed by atoms with Crippen molar-refractivity contribution in [3.63, 3.8) is 0 Å². The summed E-state index contributed by atoms with van der Waals surface area (Å²) in [7, 11) is 0. The van der Waals surface area contributed by atoms with E-state index in [1.165, 1.54) is 0 Å². The van der Waals surface area contributed by atoms with Gasteiger partial charge < -0.3 is 10.2 Å². The van der Waals surface area contributed by atoms with E-state index in [0.717, 1.165) is 35.0 Å². The molecule has 6 nitrogen and oxygen atoms in total. The number of nitrogens with zero attached hydrogens (tertiary/aromatic N) is 4. The molecule has 2 N–H and O–H groups in total. The molecular formula is C18H19FN6. The molecule has 4 rings (SSSR count). The topological polar surface area (TPSA) is 69.7 Å². The van der Waals surface area contributed by atoms with Gasteiger partial charge >= 0.3 is 0 Å². The van der Waals surface area contributed by atoms with Gasteiger partial charge in [-0.15, -0.1) is 0 Å². The Bertz CT molecular complexity index is 817. The van der Waals surface area contributed by atoms with Crippen LogP contribution in [0.5, 0.6) is 0 Å². The number of aromatic amines is 1. The quantitative estimate of drug-likeness (QED) is 0.748. The maximum Gasteiger partial charge on any atom is 0.128 e. The number of pyridine rings is 2. The molecule has 1 fully saturated rings. The molecule has 0 saturated carbocycles. The molecule has 0 bridgehead atoms. The zero-order valence-corrected chi connectivity index (χ0v) is 13.7. The highest BCUT2D eigenvalue weighted by Gasteiger charge is 2.22. The molecule has 0 aromatic carbocycles. The van der Waals surface area contributed by atoms with Gasteiger partial charge in [-0.05, 0) is 36.8 Å². The Hall–Kier alpha value is -2.96. The molecule has 7 heteroatoms. The lowest BCUT2D eigenvalue weighted by Crippen LogP contribution is -2.20. The minimum Gasteiger partial charge on any atom is -0.378 e. The molecular weight excluding hydrogens is 319 g/mol. The lowest BCUT2D eigenvalue weighted by atomic mass is 10.2. The molecule has 0 amide bonds. The first-order chi connectivity index (χ1) is 12.3. The van der Waals surface area contributed by atoms with Crippen molar-refractivity contribution in [1.29, 1.82) is 0 Å². The van der Waals surface area contributed by atoms with Crippen LogP contribution >= 0.6 is 0 Å². The zero-order chi connectivity index (χ0) is 17.1. The number of anilines is 2. The number of alkyl halides is 1. The first-order valence-corrected chi connectivity index (χ1v) is 8.31. The molecule has 1 saturated heterocycles. The summed E-state index contributed by atoms with van der Waals surface area (Å²) in [4.78, 5) is 10.5. The Morgan fingerprint density at radius 1 is 1.28 bits per heavy atom. The SMILES string of the molecule is F[C@@H]1CCN(c2ccc(-c3cc(CNc4cccnc4)[nH]n3)cn2)C1. The van der Waals surface area contributed by atoms with Crippen LogP contribution in [0.1, 0.15) is 12.1 Å². The third-order valence-corrected chi connectivity index (χ3v) is 4.27. The van der Waals surface area contributed by atoms with Crippen LogP contribution in [-0.2, 0) is 6.54 Å². The highest BCUT2D eigenvalue weighted by molar-refractivity contribution is 5.60. The van der Waals surface area contributed by atoms with Gasteiger partial charge in [0.1, 0.15) is 12.0 Å². The van der Waals surface area contributed by atoms with Crippen molar-refractivity contribution < 1.29 is 4.39 Å². The Morgan fingerprint density at radius 3 is 2.96 bits per heavy atom. The first kappa shape index (κ1) is 15.6. The predicted octanol–water partition coefficient (Wildman–Crippen LogP) is 3.03. The highest BCUT2D eigenvalue weighted by atomic mass is 19.1. The van der Waals surface area contributed by atoms with Crippen molar-refractivity contribution >= 4 is 11.5 Å². The summed E-state index contributed by atoms with van der Waals surface area (Å²) < 4.78 is 13.3. The van der Waals surface area contributed by atoms with Crippen LogP contribution in [0.15, 0.2) is 48.9 Å². The molecule has 4 heterocycles. The summed E-state index contributed by atoms with van der Waals surface area (Å²) in [5.74, 6) is 0.818. The fourth-order valence-electron chi connectivity index (χ4n) is 2.92. The van der Waals surface area contributed by atoms with Gasteiger partial charge in [-0.1, -0.05) is 0 Å². The molecule has 1 aliphatic heterocycles. The number of hydrogen-bond donors (Lipinski definition) is 2. The van der Waals surface area contributed by atoms with Crippen LogP contribution in [-0.4, -0.2) is 39.4 Å². The van der Waals surface area contributed by atoms with E-state index in [4.69, 9.17) is 0 Å². The zero-order valence-electron chi connectivity index (χ0n) is 13.7. The summed E-state index contributed by atoms with van der Waals surface area (Å²) in [5.41, 5.74) is 3.71. The van der Waals surface area contributed by atoms with Crippen LogP contribution in [0.2, 0.25) is 0 Å². The molecule has 3 aromatic heterocycles. The van der Waals surface area contributed by atoms with Crippen LogP contribution in [0.25, 0.3) is 11.3 Å². The van der Waals surface area contributed by atoms with Crippen LogP contribution in [0.3, 0.4) is 0 Å². The molecule has 25 heavy (non-hydrogen) atoms. The molecule has 0 spiro atoms. The number of aromatic nitrogens is 4. The second kappa shape index (κ2) is 6.88. The van der Waals surface area contributed by atoms with Crippen LogP contribution in [0.4, 0.5) is 15.9 Å².